The number of carbonyl (C=O) groups is 1. The molecule has 0 N–H and O–H groups in total. The van der Waals surface area contributed by atoms with Gasteiger partial charge in [0.15, 0.2) is 11.5 Å². The molecule has 4 nitrogen and oxygen atoms in total. The number of ketones is 1. The highest BCUT2D eigenvalue weighted by Crippen LogP contribution is 2.23. The van der Waals surface area contributed by atoms with E-state index in [2.05, 4.69) is 0 Å². The van der Waals surface area contributed by atoms with Gasteiger partial charge in [-0.25, -0.2) is 0 Å². The van der Waals surface area contributed by atoms with Crippen LogP contribution in [0, 0.1) is 0 Å². The van der Waals surface area contributed by atoms with Gasteiger partial charge in [-0.15, -0.1) is 0 Å². The molecule has 0 saturated carbocycles. The third kappa shape index (κ3) is 3.93. The molecule has 21 heavy (non-hydrogen) atoms. The number of para-hydroxylation sites is 1. The second-order valence-electron chi connectivity index (χ2n) is 4.03. The van der Waals surface area contributed by atoms with Crippen LogP contribution in [0.2, 0.25) is 0 Å². The molecular formula is C15H11ClO4S. The zero-order valence-corrected chi connectivity index (χ0v) is 12.3. The fourth-order valence-corrected chi connectivity index (χ4v) is 2.64. The number of hydrogen-bond acceptors (Lipinski definition) is 4. The van der Waals surface area contributed by atoms with Gasteiger partial charge >= 0.3 is 10.1 Å². The van der Waals surface area contributed by atoms with Crippen LogP contribution in [-0.4, -0.2) is 14.2 Å². The molecule has 0 bridgehead atoms. The highest BCUT2D eigenvalue weighted by molar-refractivity contribution is 7.90. The fourth-order valence-electron chi connectivity index (χ4n) is 1.69. The monoisotopic (exact) mass is 322 g/mol. The molecule has 2 aromatic carbocycles. The van der Waals surface area contributed by atoms with Crippen LogP contribution in [0.1, 0.15) is 15.9 Å². The maximum Gasteiger partial charge on any atom is 0.333 e. The van der Waals surface area contributed by atoms with E-state index in [9.17, 15) is 13.2 Å². The predicted octanol–water partition coefficient (Wildman–Crippen LogP) is 3.34. The summed E-state index contributed by atoms with van der Waals surface area (Å²) in [6.07, 6.45) is 0. The smallest absolute Gasteiger partial charge is 0.333 e. The minimum atomic E-state index is -3.99. The van der Waals surface area contributed by atoms with Gasteiger partial charge in [0.2, 0.25) is 0 Å². The molecule has 0 amide bonds. The van der Waals surface area contributed by atoms with Crippen molar-refractivity contribution in [1.82, 2.24) is 0 Å². The lowest BCUT2D eigenvalue weighted by atomic mass is 10.0. The van der Waals surface area contributed by atoms with Gasteiger partial charge in [-0.3, -0.25) is 4.79 Å². The van der Waals surface area contributed by atoms with Crippen molar-refractivity contribution in [2.75, 3.05) is 0 Å². The highest BCUT2D eigenvalue weighted by Gasteiger charge is 2.17. The van der Waals surface area contributed by atoms with Crippen LogP contribution >= 0.6 is 11.6 Å². The van der Waals surface area contributed by atoms with E-state index in [1.54, 1.807) is 42.5 Å². The Morgan fingerprint density at radius 1 is 1.00 bits per heavy atom. The second-order valence-corrected chi connectivity index (χ2v) is 5.71. The minimum Gasteiger partial charge on any atom is -0.379 e. The lowest BCUT2D eigenvalue weighted by molar-refractivity contribution is 0.103. The maximum absolute atomic E-state index is 12.4. The van der Waals surface area contributed by atoms with Crippen molar-refractivity contribution in [3.63, 3.8) is 0 Å². The van der Waals surface area contributed by atoms with Crippen molar-refractivity contribution in [3.8, 4) is 5.75 Å². The number of benzene rings is 2. The largest absolute Gasteiger partial charge is 0.379 e. The summed E-state index contributed by atoms with van der Waals surface area (Å²) in [6.45, 7) is 0. The molecule has 2 aromatic rings. The van der Waals surface area contributed by atoms with Crippen molar-refractivity contribution in [2.24, 2.45) is 0 Å². The van der Waals surface area contributed by atoms with Gasteiger partial charge in [-0.05, 0) is 12.1 Å². The van der Waals surface area contributed by atoms with E-state index in [1.165, 1.54) is 12.1 Å². The molecule has 0 unspecified atom stereocenters. The zero-order chi connectivity index (χ0) is 15.3. The first-order valence-corrected chi connectivity index (χ1v) is 7.84. The Balaban J connectivity index is 2.40. The lowest BCUT2D eigenvalue weighted by Gasteiger charge is -2.08. The van der Waals surface area contributed by atoms with Gasteiger partial charge in [-0.1, -0.05) is 54.1 Å². The maximum atomic E-state index is 12.4. The second kappa shape index (κ2) is 6.56. The molecule has 0 aliphatic rings. The van der Waals surface area contributed by atoms with Crippen LogP contribution in [0.5, 0.6) is 5.75 Å². The van der Waals surface area contributed by atoms with Crippen LogP contribution in [0.4, 0.5) is 0 Å². The molecule has 0 heterocycles. The van der Waals surface area contributed by atoms with E-state index in [1.807, 2.05) is 0 Å². The van der Waals surface area contributed by atoms with Crippen molar-refractivity contribution in [1.29, 1.82) is 0 Å². The van der Waals surface area contributed by atoms with Crippen molar-refractivity contribution < 1.29 is 17.4 Å². The van der Waals surface area contributed by atoms with E-state index in [0.29, 0.717) is 11.0 Å². The molecule has 0 aliphatic heterocycles. The minimum absolute atomic E-state index is 0.0406. The summed E-state index contributed by atoms with van der Waals surface area (Å²) in [5, 5.41) is 0.707. The van der Waals surface area contributed by atoms with Gasteiger partial charge in [0.1, 0.15) is 0 Å². The predicted molar refractivity (Wildman–Crippen MR) is 80.9 cm³/mol. The molecular weight excluding hydrogens is 312 g/mol. The first-order valence-electron chi connectivity index (χ1n) is 5.93. The Bertz CT molecular complexity index is 767. The standard InChI is InChI=1S/C15H11ClO4S/c16-10-11-21(18,19)20-14-9-5-4-8-13(14)15(17)12-6-2-1-3-7-12/h1-11H. The van der Waals surface area contributed by atoms with E-state index in [0.717, 1.165) is 5.54 Å². The van der Waals surface area contributed by atoms with Crippen LogP contribution in [0.15, 0.2) is 65.5 Å². The molecule has 0 fully saturated rings. The summed E-state index contributed by atoms with van der Waals surface area (Å²) in [5.74, 6) is -0.364. The molecule has 0 aromatic heterocycles. The molecule has 0 aliphatic carbocycles. The Kier molecular flexibility index (Phi) is 4.77. The Morgan fingerprint density at radius 2 is 1.62 bits per heavy atom. The number of carbonyl (C=O) groups excluding carboxylic acids is 1. The number of rotatable bonds is 5. The molecule has 0 saturated heterocycles. The third-order valence-electron chi connectivity index (χ3n) is 2.59. The van der Waals surface area contributed by atoms with E-state index in [4.69, 9.17) is 15.8 Å². The summed E-state index contributed by atoms with van der Waals surface area (Å²) in [4.78, 5) is 12.4. The van der Waals surface area contributed by atoms with Crippen LogP contribution < -0.4 is 4.18 Å². The molecule has 0 atom stereocenters. The summed E-state index contributed by atoms with van der Waals surface area (Å²) in [7, 11) is -3.99. The van der Waals surface area contributed by atoms with Crippen LogP contribution in [-0.2, 0) is 10.1 Å². The topological polar surface area (TPSA) is 60.4 Å². The quantitative estimate of drug-likeness (QED) is 0.625. The van der Waals surface area contributed by atoms with E-state index < -0.39 is 10.1 Å². The first-order chi connectivity index (χ1) is 10.0. The van der Waals surface area contributed by atoms with Crippen molar-refractivity contribution in [2.45, 2.75) is 0 Å². The molecule has 2 rings (SSSR count). The van der Waals surface area contributed by atoms with Gasteiger partial charge in [0, 0.05) is 11.1 Å². The average molecular weight is 323 g/mol. The van der Waals surface area contributed by atoms with E-state index >= 15 is 0 Å². The van der Waals surface area contributed by atoms with Crippen molar-refractivity contribution >= 4 is 27.5 Å². The van der Waals surface area contributed by atoms with Crippen molar-refractivity contribution in [3.05, 3.63) is 76.7 Å². The Labute approximate surface area is 127 Å². The fraction of sp³-hybridized carbons (Fsp3) is 0. The summed E-state index contributed by atoms with van der Waals surface area (Å²) >= 11 is 5.24. The van der Waals surface area contributed by atoms with Gasteiger partial charge < -0.3 is 4.18 Å². The molecule has 108 valence electrons. The molecule has 0 radical (unpaired) electrons. The normalized spacial score (nSPS) is 11.5. The van der Waals surface area contributed by atoms with Gasteiger partial charge in [0.25, 0.3) is 0 Å². The first kappa shape index (κ1) is 15.3. The number of hydrogen-bond donors (Lipinski definition) is 0. The summed E-state index contributed by atoms with van der Waals surface area (Å²) in [5.41, 5.74) is 1.44. The lowest BCUT2D eigenvalue weighted by Crippen LogP contribution is -2.10. The van der Waals surface area contributed by atoms with Crippen LogP contribution in [0.3, 0.4) is 0 Å². The number of halogens is 1. The summed E-state index contributed by atoms with van der Waals surface area (Å²) in [6, 6.07) is 14.7. The zero-order valence-electron chi connectivity index (χ0n) is 10.8. The Hall–Kier alpha value is -2.11. The average Bonchev–Trinajstić information content (AvgIpc) is 2.47. The van der Waals surface area contributed by atoms with Gasteiger partial charge in [0.05, 0.1) is 11.0 Å². The highest BCUT2D eigenvalue weighted by atomic mass is 35.5. The van der Waals surface area contributed by atoms with E-state index in [-0.39, 0.29) is 17.1 Å². The third-order valence-corrected chi connectivity index (χ3v) is 3.75. The van der Waals surface area contributed by atoms with Gasteiger partial charge in [-0.2, -0.15) is 8.42 Å². The molecule has 0 spiro atoms. The summed E-state index contributed by atoms with van der Waals surface area (Å²) < 4.78 is 28.1. The van der Waals surface area contributed by atoms with Crippen LogP contribution in [0.25, 0.3) is 0 Å². The molecule has 6 heteroatoms. The Morgan fingerprint density at radius 3 is 2.29 bits per heavy atom. The SMILES string of the molecule is O=C(c1ccccc1)c1ccccc1OS(=O)(=O)C=CCl.